The third kappa shape index (κ3) is 5.77. The first kappa shape index (κ1) is 30.4. The van der Waals surface area contributed by atoms with Gasteiger partial charge in [0.1, 0.15) is 18.3 Å². The molecule has 13 nitrogen and oxygen atoms in total. The van der Waals surface area contributed by atoms with E-state index in [1.807, 2.05) is 24.3 Å². The fourth-order valence-electron chi connectivity index (χ4n) is 6.18. The number of benzene rings is 1. The van der Waals surface area contributed by atoms with Crippen molar-refractivity contribution in [2.24, 2.45) is 5.41 Å². The molecule has 0 radical (unpaired) electrons. The van der Waals surface area contributed by atoms with Gasteiger partial charge in [0.25, 0.3) is 6.01 Å². The molecular formula is C29H27ClF3N7O6. The molecule has 0 amide bonds. The summed E-state index contributed by atoms with van der Waals surface area (Å²) in [6.45, 7) is 4.60. The molecule has 1 aromatic carbocycles. The summed E-state index contributed by atoms with van der Waals surface area (Å²) in [5.74, 6) is -1.95. The van der Waals surface area contributed by atoms with Crippen LogP contribution in [0.15, 0.2) is 48.8 Å². The van der Waals surface area contributed by atoms with Crippen LogP contribution in [0.4, 0.5) is 24.8 Å². The second-order valence-corrected chi connectivity index (χ2v) is 12.1. The number of halogens is 4. The van der Waals surface area contributed by atoms with E-state index in [0.29, 0.717) is 39.9 Å². The lowest BCUT2D eigenvalue weighted by Crippen LogP contribution is -2.72. The van der Waals surface area contributed by atoms with Gasteiger partial charge in [0.05, 0.1) is 29.4 Å². The van der Waals surface area contributed by atoms with Crippen molar-refractivity contribution in [3.05, 3.63) is 53.8 Å². The van der Waals surface area contributed by atoms with Crippen LogP contribution in [-0.2, 0) is 14.3 Å². The van der Waals surface area contributed by atoms with E-state index >= 15 is 0 Å². The number of carboxylic acids is 1. The summed E-state index contributed by atoms with van der Waals surface area (Å²) >= 11 is 6.63. The van der Waals surface area contributed by atoms with E-state index in [4.69, 9.17) is 40.7 Å². The average Bonchev–Trinajstić information content (AvgIpc) is 3.68. The first-order valence-electron chi connectivity index (χ1n) is 14.3. The van der Waals surface area contributed by atoms with Gasteiger partial charge in [-0.05, 0) is 24.3 Å². The van der Waals surface area contributed by atoms with Crippen LogP contribution in [0, 0.1) is 5.41 Å². The number of alkyl halides is 3. The molecule has 4 aliphatic rings. The predicted molar refractivity (Wildman–Crippen MR) is 157 cm³/mol. The van der Waals surface area contributed by atoms with E-state index < -0.39 is 18.2 Å². The summed E-state index contributed by atoms with van der Waals surface area (Å²) in [6, 6.07) is 12.3. The molecule has 0 bridgehead atoms. The number of aromatic amines is 1. The number of imidazole rings is 1. The number of fused-ring (bicyclic) bond motifs is 2. The fraction of sp³-hybridized carbons (Fsp3) is 0.414. The van der Waals surface area contributed by atoms with Crippen molar-refractivity contribution < 1.29 is 42.4 Å². The zero-order chi connectivity index (χ0) is 32.2. The number of aromatic nitrogens is 5. The van der Waals surface area contributed by atoms with Gasteiger partial charge in [-0.25, -0.2) is 19.7 Å². The van der Waals surface area contributed by atoms with E-state index in [9.17, 15) is 18.3 Å². The Morgan fingerprint density at radius 1 is 1.02 bits per heavy atom. The molecule has 4 fully saturated rings. The van der Waals surface area contributed by atoms with Crippen molar-refractivity contribution in [3.8, 4) is 17.3 Å². The zero-order valence-corrected chi connectivity index (χ0v) is 24.6. The van der Waals surface area contributed by atoms with E-state index in [-0.39, 0.29) is 24.9 Å². The third-order valence-electron chi connectivity index (χ3n) is 8.34. The number of hydrogen-bond donors (Lipinski definition) is 3. The summed E-state index contributed by atoms with van der Waals surface area (Å²) < 4.78 is 49.0. The lowest BCUT2D eigenvalue weighted by molar-refractivity contribution is -0.192. The summed E-state index contributed by atoms with van der Waals surface area (Å²) in [5, 5.41) is 17.6. The number of carbonyl (C=O) groups is 1. The number of pyridine rings is 1. The minimum Gasteiger partial charge on any atom is -0.475 e. The van der Waals surface area contributed by atoms with Crippen molar-refractivity contribution in [2.75, 3.05) is 49.2 Å². The molecule has 0 unspecified atom stereocenters. The van der Waals surface area contributed by atoms with E-state index in [1.54, 1.807) is 12.4 Å². The van der Waals surface area contributed by atoms with Crippen molar-refractivity contribution in [1.82, 2.24) is 24.9 Å². The molecule has 8 rings (SSSR count). The highest BCUT2D eigenvalue weighted by atomic mass is 35.5. The van der Waals surface area contributed by atoms with Gasteiger partial charge in [-0.15, -0.1) is 0 Å². The normalized spacial score (nSPS) is 24.6. The monoisotopic (exact) mass is 661 g/mol. The van der Waals surface area contributed by atoms with Gasteiger partial charge < -0.3 is 39.2 Å². The number of H-pyrrole nitrogens is 1. The number of carboxylic acid groups (broad SMARTS) is 1. The van der Waals surface area contributed by atoms with Crippen LogP contribution >= 0.6 is 11.6 Å². The number of rotatable bonds is 5. The number of ether oxygens (including phenoxy) is 3. The molecule has 4 aromatic rings. The van der Waals surface area contributed by atoms with E-state index in [1.165, 1.54) is 5.69 Å². The molecule has 4 atom stereocenters. The summed E-state index contributed by atoms with van der Waals surface area (Å²) in [6.07, 6.45) is -3.17. The van der Waals surface area contributed by atoms with Crippen LogP contribution in [0.5, 0.6) is 6.01 Å². The highest BCUT2D eigenvalue weighted by Crippen LogP contribution is 2.43. The maximum absolute atomic E-state index is 10.6. The van der Waals surface area contributed by atoms with Crippen molar-refractivity contribution in [3.63, 3.8) is 0 Å². The minimum atomic E-state index is -5.08. The molecule has 0 aliphatic carbocycles. The van der Waals surface area contributed by atoms with E-state index in [0.717, 1.165) is 37.7 Å². The molecule has 242 valence electrons. The molecule has 4 saturated heterocycles. The minimum absolute atomic E-state index is 0.246. The molecular weight excluding hydrogens is 635 g/mol. The Kier molecular flexibility index (Phi) is 7.62. The van der Waals surface area contributed by atoms with Gasteiger partial charge >= 0.3 is 12.1 Å². The van der Waals surface area contributed by atoms with Crippen LogP contribution in [-0.4, -0.2) is 111 Å². The number of nitrogens with zero attached hydrogens (tertiary/aromatic N) is 6. The highest BCUT2D eigenvalue weighted by Gasteiger charge is 2.52. The van der Waals surface area contributed by atoms with Gasteiger partial charge in [-0.1, -0.05) is 23.7 Å². The SMILES string of the molecule is O=C(O)C(F)(F)F.O[C@@H]1CO[C@H]2[C@@H]1OC[C@H]2Oc1nc2nc(-c3ccc(N4CC5(C4)CN(c4ncccn4)C5)cc3)c(Cl)cc2[nH]1. The van der Waals surface area contributed by atoms with Gasteiger partial charge in [0.15, 0.2) is 11.8 Å². The summed E-state index contributed by atoms with van der Waals surface area (Å²) in [7, 11) is 0. The van der Waals surface area contributed by atoms with Gasteiger partial charge in [-0.2, -0.15) is 18.2 Å². The number of nitrogens with one attached hydrogen (secondary N) is 1. The quantitative estimate of drug-likeness (QED) is 0.288. The number of aliphatic carboxylic acids is 1. The molecule has 3 aromatic heterocycles. The smallest absolute Gasteiger partial charge is 0.475 e. The zero-order valence-electron chi connectivity index (χ0n) is 23.9. The van der Waals surface area contributed by atoms with Crippen LogP contribution in [0.25, 0.3) is 22.4 Å². The first-order valence-corrected chi connectivity index (χ1v) is 14.7. The van der Waals surface area contributed by atoms with Crippen molar-refractivity contribution in [1.29, 1.82) is 0 Å². The first-order chi connectivity index (χ1) is 22.0. The molecule has 17 heteroatoms. The van der Waals surface area contributed by atoms with Gasteiger partial charge in [0.2, 0.25) is 5.95 Å². The molecule has 4 aliphatic heterocycles. The summed E-state index contributed by atoms with van der Waals surface area (Å²) in [5.41, 5.74) is 4.28. The topological polar surface area (TPSA) is 159 Å². The average molecular weight is 662 g/mol. The molecule has 1 spiro atoms. The van der Waals surface area contributed by atoms with Gasteiger partial charge in [0, 0.05) is 55.2 Å². The summed E-state index contributed by atoms with van der Waals surface area (Å²) in [4.78, 5) is 34.6. The Labute approximate surface area is 263 Å². The molecule has 7 heterocycles. The molecule has 46 heavy (non-hydrogen) atoms. The Morgan fingerprint density at radius 3 is 2.35 bits per heavy atom. The number of aliphatic hydroxyl groups is 1. The Hall–Kier alpha value is -4.25. The van der Waals surface area contributed by atoms with Crippen LogP contribution in [0.3, 0.4) is 0 Å². The van der Waals surface area contributed by atoms with Crippen molar-refractivity contribution in [2.45, 2.75) is 30.6 Å². The lowest BCUT2D eigenvalue weighted by Gasteiger charge is -2.60. The largest absolute Gasteiger partial charge is 0.490 e. The van der Waals surface area contributed by atoms with Crippen LogP contribution < -0.4 is 14.5 Å². The Balaban J connectivity index is 0.000000437. The van der Waals surface area contributed by atoms with Crippen LogP contribution in [0.2, 0.25) is 5.02 Å². The number of anilines is 2. The van der Waals surface area contributed by atoms with Crippen LogP contribution in [0.1, 0.15) is 0 Å². The third-order valence-corrected chi connectivity index (χ3v) is 8.63. The second kappa shape index (κ2) is 11.5. The predicted octanol–water partition coefficient (Wildman–Crippen LogP) is 2.93. The Morgan fingerprint density at radius 2 is 1.67 bits per heavy atom. The fourth-order valence-corrected chi connectivity index (χ4v) is 6.44. The molecule has 3 N–H and O–H groups in total. The maximum atomic E-state index is 10.6. The second-order valence-electron chi connectivity index (χ2n) is 11.7. The van der Waals surface area contributed by atoms with Crippen molar-refractivity contribution >= 4 is 40.4 Å². The standard InChI is InChI=1S/C27H26ClN7O4.C2HF3O2/c28-17-8-18-24(33-26(31-18)39-20-10-38-22-19(36)9-37-23(20)22)32-21(17)15-2-4-16(5-3-15)34-11-27(12-34)13-35(14-27)25-29-6-1-7-30-25;3-2(4,5)1(6)7/h1-8,19-20,22-23,36H,9-14H2,(H,31,32,33);(H,6,7)/t19-,20-,22-,23-;/m1./s1. The number of aliphatic hydroxyl groups excluding tert-OH is 1. The maximum Gasteiger partial charge on any atom is 0.490 e. The lowest BCUT2D eigenvalue weighted by atomic mass is 9.72. The molecule has 0 saturated carbocycles. The highest BCUT2D eigenvalue weighted by molar-refractivity contribution is 6.33. The van der Waals surface area contributed by atoms with Gasteiger partial charge in [-0.3, -0.25) is 0 Å². The Bertz CT molecular complexity index is 1730. The number of hydrogen-bond acceptors (Lipinski definition) is 11. The van der Waals surface area contributed by atoms with E-state index in [2.05, 4.69) is 41.9 Å².